The van der Waals surface area contributed by atoms with Crippen molar-refractivity contribution in [3.05, 3.63) is 63.9 Å². The molecule has 0 aliphatic carbocycles. The lowest BCUT2D eigenvalue weighted by molar-refractivity contribution is 0.301. The Balaban J connectivity index is 2.19. The summed E-state index contributed by atoms with van der Waals surface area (Å²) < 4.78 is 19.0. The van der Waals surface area contributed by atoms with Crippen LogP contribution in [-0.4, -0.2) is 0 Å². The van der Waals surface area contributed by atoms with Crippen LogP contribution in [-0.2, 0) is 6.61 Å². The van der Waals surface area contributed by atoms with E-state index in [9.17, 15) is 4.39 Å². The smallest absolute Gasteiger partial charge is 0.140 e. The van der Waals surface area contributed by atoms with E-state index >= 15 is 0 Å². The van der Waals surface area contributed by atoms with Gasteiger partial charge in [0.25, 0.3) is 0 Å². The third-order valence-electron chi connectivity index (χ3n) is 3.01. The van der Waals surface area contributed by atoms with Crippen LogP contribution in [0.5, 0.6) is 5.75 Å². The summed E-state index contributed by atoms with van der Waals surface area (Å²) in [7, 11) is 0. The van der Waals surface area contributed by atoms with Crippen LogP contribution >= 0.6 is 11.6 Å². The second kappa shape index (κ2) is 6.57. The highest BCUT2D eigenvalue weighted by Gasteiger charge is 2.10. The van der Waals surface area contributed by atoms with Crippen molar-refractivity contribution in [3.63, 3.8) is 0 Å². The highest BCUT2D eigenvalue weighted by Crippen LogP contribution is 2.28. The van der Waals surface area contributed by atoms with E-state index in [1.54, 1.807) is 30.3 Å². The second-order valence-corrected chi connectivity index (χ2v) is 5.12. The summed E-state index contributed by atoms with van der Waals surface area (Å²) in [5.74, 6) is 0.0845. The number of nitrogens with two attached hydrogens (primary N) is 1. The highest BCUT2D eigenvalue weighted by molar-refractivity contribution is 6.30. The normalized spacial score (nSPS) is 11.8. The van der Waals surface area contributed by atoms with Crippen molar-refractivity contribution in [1.82, 2.24) is 0 Å². The van der Waals surface area contributed by atoms with Gasteiger partial charge in [0.05, 0.1) is 5.56 Å². The molecule has 0 amide bonds. The fourth-order valence-electron chi connectivity index (χ4n) is 1.92. The maximum atomic E-state index is 13.3. The Kier molecular flexibility index (Phi) is 4.79. The Morgan fingerprint density at radius 2 is 2.10 bits per heavy atom. The zero-order chi connectivity index (χ0) is 15.4. The van der Waals surface area contributed by atoms with Gasteiger partial charge in [-0.3, -0.25) is 0 Å². The van der Waals surface area contributed by atoms with Gasteiger partial charge in [-0.05, 0) is 42.8 Å². The van der Waals surface area contributed by atoms with Gasteiger partial charge < -0.3 is 10.5 Å². The SMILES string of the molecule is CC(N)c1cc(Cl)ccc1OCc1ccc(F)c(C#N)c1. The van der Waals surface area contributed by atoms with E-state index in [1.807, 2.05) is 6.92 Å². The fourth-order valence-corrected chi connectivity index (χ4v) is 2.10. The lowest BCUT2D eigenvalue weighted by Gasteiger charge is -2.14. The van der Waals surface area contributed by atoms with E-state index in [-0.39, 0.29) is 18.2 Å². The molecule has 1 atom stereocenters. The van der Waals surface area contributed by atoms with Gasteiger partial charge in [-0.25, -0.2) is 4.39 Å². The van der Waals surface area contributed by atoms with Crippen LogP contribution in [0.2, 0.25) is 5.02 Å². The monoisotopic (exact) mass is 304 g/mol. The molecule has 0 fully saturated rings. The van der Waals surface area contributed by atoms with Crippen LogP contribution in [0.15, 0.2) is 36.4 Å². The van der Waals surface area contributed by atoms with Crippen molar-refractivity contribution < 1.29 is 9.13 Å². The van der Waals surface area contributed by atoms with Gasteiger partial charge in [-0.2, -0.15) is 5.26 Å². The Morgan fingerprint density at radius 1 is 1.33 bits per heavy atom. The summed E-state index contributed by atoms with van der Waals surface area (Å²) in [4.78, 5) is 0. The molecule has 0 saturated heterocycles. The molecule has 21 heavy (non-hydrogen) atoms. The van der Waals surface area contributed by atoms with Crippen LogP contribution in [0, 0.1) is 17.1 Å². The molecule has 5 heteroatoms. The van der Waals surface area contributed by atoms with Gasteiger partial charge in [0.15, 0.2) is 0 Å². The predicted molar refractivity (Wildman–Crippen MR) is 79.5 cm³/mol. The molecule has 0 bridgehead atoms. The summed E-state index contributed by atoms with van der Waals surface area (Å²) in [5.41, 5.74) is 7.39. The summed E-state index contributed by atoms with van der Waals surface area (Å²) in [6, 6.07) is 11.1. The van der Waals surface area contributed by atoms with E-state index < -0.39 is 5.82 Å². The number of hydrogen-bond donors (Lipinski definition) is 1. The van der Waals surface area contributed by atoms with Gasteiger partial charge in [-0.15, -0.1) is 0 Å². The zero-order valence-electron chi connectivity index (χ0n) is 11.4. The van der Waals surface area contributed by atoms with Gasteiger partial charge >= 0.3 is 0 Å². The molecule has 0 aromatic heterocycles. The first-order valence-corrected chi connectivity index (χ1v) is 6.75. The molecule has 108 valence electrons. The van der Waals surface area contributed by atoms with Crippen molar-refractivity contribution >= 4 is 11.6 Å². The summed E-state index contributed by atoms with van der Waals surface area (Å²) in [5, 5.41) is 9.40. The highest BCUT2D eigenvalue weighted by atomic mass is 35.5. The predicted octanol–water partition coefficient (Wildman–Crippen LogP) is 3.95. The quantitative estimate of drug-likeness (QED) is 0.930. The third-order valence-corrected chi connectivity index (χ3v) is 3.24. The molecule has 2 N–H and O–H groups in total. The largest absolute Gasteiger partial charge is 0.489 e. The van der Waals surface area contributed by atoms with Gasteiger partial charge in [0.2, 0.25) is 0 Å². The maximum Gasteiger partial charge on any atom is 0.140 e. The molecule has 0 aliphatic rings. The van der Waals surface area contributed by atoms with E-state index in [1.165, 1.54) is 12.1 Å². The molecule has 3 nitrogen and oxygen atoms in total. The topological polar surface area (TPSA) is 59.0 Å². The van der Waals surface area contributed by atoms with Crippen molar-refractivity contribution in [2.75, 3.05) is 0 Å². The minimum absolute atomic E-state index is 0.000350. The van der Waals surface area contributed by atoms with Gasteiger partial charge in [0.1, 0.15) is 24.2 Å². The number of hydrogen-bond acceptors (Lipinski definition) is 3. The first-order valence-electron chi connectivity index (χ1n) is 6.37. The molecular formula is C16H14ClFN2O. The summed E-state index contributed by atoms with van der Waals surface area (Å²) >= 11 is 5.95. The first-order chi connectivity index (χ1) is 10.0. The van der Waals surface area contributed by atoms with Crippen LogP contribution in [0.1, 0.15) is 29.7 Å². The number of ether oxygens (including phenoxy) is 1. The number of benzene rings is 2. The Bertz CT molecular complexity index is 695. The Labute approximate surface area is 127 Å². The molecule has 0 saturated carbocycles. The van der Waals surface area contributed by atoms with Crippen molar-refractivity contribution in [1.29, 1.82) is 5.26 Å². The Morgan fingerprint density at radius 3 is 2.76 bits per heavy atom. The van der Waals surface area contributed by atoms with Crippen LogP contribution < -0.4 is 10.5 Å². The van der Waals surface area contributed by atoms with Crippen molar-refractivity contribution in [3.8, 4) is 11.8 Å². The standard InChI is InChI=1S/C16H14ClFN2O/c1-10(20)14-7-13(17)3-5-16(14)21-9-11-2-4-15(18)12(6-11)8-19/h2-7,10H,9,20H2,1H3. The number of nitriles is 1. The summed E-state index contributed by atoms with van der Waals surface area (Å²) in [6.45, 7) is 2.06. The van der Waals surface area contributed by atoms with E-state index in [0.29, 0.717) is 16.3 Å². The van der Waals surface area contributed by atoms with Crippen LogP contribution in [0.25, 0.3) is 0 Å². The summed E-state index contributed by atoms with van der Waals surface area (Å²) in [6.07, 6.45) is 0. The average molecular weight is 305 g/mol. The lowest BCUT2D eigenvalue weighted by atomic mass is 10.1. The molecule has 1 unspecified atom stereocenters. The van der Waals surface area contributed by atoms with Gasteiger partial charge in [-0.1, -0.05) is 17.7 Å². The molecule has 0 radical (unpaired) electrons. The Hall–Kier alpha value is -2.09. The number of nitrogens with zero attached hydrogens (tertiary/aromatic N) is 1. The molecule has 0 heterocycles. The minimum atomic E-state index is -0.538. The average Bonchev–Trinajstić information content (AvgIpc) is 2.47. The van der Waals surface area contributed by atoms with Crippen LogP contribution in [0.4, 0.5) is 4.39 Å². The molecule has 2 aromatic rings. The third kappa shape index (κ3) is 3.72. The van der Waals surface area contributed by atoms with E-state index in [0.717, 1.165) is 5.56 Å². The first kappa shape index (κ1) is 15.3. The minimum Gasteiger partial charge on any atom is -0.489 e. The molecular weight excluding hydrogens is 291 g/mol. The van der Waals surface area contributed by atoms with Gasteiger partial charge in [0, 0.05) is 16.6 Å². The molecule has 0 spiro atoms. The molecule has 2 aromatic carbocycles. The van der Waals surface area contributed by atoms with Crippen molar-refractivity contribution in [2.45, 2.75) is 19.6 Å². The molecule has 2 rings (SSSR count). The number of halogens is 2. The maximum absolute atomic E-state index is 13.3. The van der Waals surface area contributed by atoms with E-state index in [4.69, 9.17) is 27.3 Å². The number of rotatable bonds is 4. The van der Waals surface area contributed by atoms with Crippen molar-refractivity contribution in [2.24, 2.45) is 5.73 Å². The molecule has 0 aliphatic heterocycles. The fraction of sp³-hybridized carbons (Fsp3) is 0.188. The zero-order valence-corrected chi connectivity index (χ0v) is 12.2. The lowest BCUT2D eigenvalue weighted by Crippen LogP contribution is -2.08. The van der Waals surface area contributed by atoms with E-state index in [2.05, 4.69) is 0 Å². The van der Waals surface area contributed by atoms with Crippen LogP contribution in [0.3, 0.4) is 0 Å². The second-order valence-electron chi connectivity index (χ2n) is 4.69.